The second kappa shape index (κ2) is 12.9. The lowest BCUT2D eigenvalue weighted by molar-refractivity contribution is 0.0897. The highest BCUT2D eigenvalue weighted by Crippen LogP contribution is 2.36. The first-order valence-corrected chi connectivity index (χ1v) is 17.6. The summed E-state index contributed by atoms with van der Waals surface area (Å²) < 4.78 is 5.85. The minimum atomic E-state index is -0.274. The Kier molecular flexibility index (Phi) is 8.35. The van der Waals surface area contributed by atoms with Crippen molar-refractivity contribution in [1.82, 2.24) is 19.9 Å². The maximum atomic E-state index is 12.9. The average molecular weight is 638 g/mol. The molecule has 4 atom stereocenters. The van der Waals surface area contributed by atoms with Crippen LogP contribution in [0, 0.1) is 5.92 Å². The van der Waals surface area contributed by atoms with E-state index in [9.17, 15) is 4.79 Å². The second-order valence-corrected chi connectivity index (χ2v) is 14.2. The Hall–Kier alpha value is -3.96. The number of rotatable bonds is 8. The van der Waals surface area contributed by atoms with Crippen LogP contribution in [-0.4, -0.2) is 96.0 Å². The Balaban J connectivity index is 0.927. The molecule has 2 amide bonds. The number of ether oxygens (including phenoxy) is 1. The average Bonchev–Trinajstić information content (AvgIpc) is 3.79. The normalized spacial score (nSPS) is 26.1. The number of morpholine rings is 1. The smallest absolute Gasteiger partial charge is 0.323 e. The van der Waals surface area contributed by atoms with Gasteiger partial charge in [-0.15, -0.1) is 0 Å². The number of urea groups is 1. The summed E-state index contributed by atoms with van der Waals surface area (Å²) in [5.74, 6) is 3.09. The lowest BCUT2D eigenvalue weighted by Gasteiger charge is -2.36. The van der Waals surface area contributed by atoms with Crippen LogP contribution >= 0.6 is 0 Å². The molecule has 8 rings (SSSR count). The van der Waals surface area contributed by atoms with E-state index in [0.29, 0.717) is 48.9 Å². The van der Waals surface area contributed by atoms with Gasteiger partial charge in [0.05, 0.1) is 25.3 Å². The van der Waals surface area contributed by atoms with Crippen LogP contribution in [0.1, 0.15) is 52.4 Å². The maximum absolute atomic E-state index is 12.9. The molecule has 248 valence electrons. The van der Waals surface area contributed by atoms with Crippen LogP contribution in [0.4, 0.5) is 33.8 Å². The molecule has 1 aliphatic carbocycles. The summed E-state index contributed by atoms with van der Waals surface area (Å²) in [6.07, 6.45) is 7.27. The first kappa shape index (κ1) is 30.4. The zero-order valence-electron chi connectivity index (χ0n) is 27.6. The predicted molar refractivity (Wildman–Crippen MR) is 186 cm³/mol. The van der Waals surface area contributed by atoms with Gasteiger partial charge in [0.25, 0.3) is 0 Å². The number of nitrogens with one attached hydrogen (secondary N) is 2. The summed E-state index contributed by atoms with van der Waals surface area (Å²) in [4.78, 5) is 37.7. The summed E-state index contributed by atoms with van der Waals surface area (Å²) in [6, 6.07) is 17.0. The Morgan fingerprint density at radius 1 is 0.723 bits per heavy atom. The first-order valence-electron chi connectivity index (χ1n) is 17.6. The highest BCUT2D eigenvalue weighted by molar-refractivity contribution is 6.00. The van der Waals surface area contributed by atoms with Crippen LogP contribution in [0.15, 0.2) is 48.5 Å². The fourth-order valence-corrected chi connectivity index (χ4v) is 7.86. The minimum Gasteiger partial charge on any atom is -0.377 e. The quantitative estimate of drug-likeness (QED) is 0.334. The van der Waals surface area contributed by atoms with Crippen LogP contribution in [0.3, 0.4) is 0 Å². The van der Waals surface area contributed by atoms with Gasteiger partial charge in [-0.1, -0.05) is 0 Å². The summed E-state index contributed by atoms with van der Waals surface area (Å²) in [7, 11) is 0. The third kappa shape index (κ3) is 6.60. The number of benzene rings is 2. The van der Waals surface area contributed by atoms with Crippen LogP contribution in [0.5, 0.6) is 0 Å². The van der Waals surface area contributed by atoms with Gasteiger partial charge in [-0.05, 0) is 107 Å². The van der Waals surface area contributed by atoms with E-state index in [2.05, 4.69) is 56.2 Å². The number of hydrogen-bond acceptors (Lipinski definition) is 9. The first-order chi connectivity index (χ1) is 23.0. The molecule has 1 aromatic heterocycles. The standard InChI is InChI=1S/C36H47N9O2/c1-24-3-4-25(2)44(24)34-39-33(40-35(41-34)45-31-15-16-32(45)23-47-22-31)27-7-9-28(10-8-27)37-36(46)38-29-11-13-30(14-12-29)43-19-17-42(18-20-43)21-26-5-6-26/h7-14,24-26,31-32H,3-6,15-23H2,1-2H3,(H2,37,38,46)/t24-,25+,31?,32?. The van der Waals surface area contributed by atoms with Gasteiger partial charge in [0.15, 0.2) is 5.82 Å². The number of piperazine rings is 1. The molecule has 2 bridgehead atoms. The number of aromatic nitrogens is 3. The van der Waals surface area contributed by atoms with E-state index in [1.54, 1.807) is 0 Å². The van der Waals surface area contributed by atoms with Gasteiger partial charge >= 0.3 is 6.03 Å². The van der Waals surface area contributed by atoms with Gasteiger partial charge in [0, 0.05) is 67.4 Å². The lowest BCUT2D eigenvalue weighted by atomic mass is 10.2. The molecule has 1 saturated carbocycles. The number of nitrogens with zero attached hydrogens (tertiary/aromatic N) is 7. The van der Waals surface area contributed by atoms with Crippen molar-refractivity contribution < 1.29 is 9.53 Å². The molecule has 11 heteroatoms. The van der Waals surface area contributed by atoms with Crippen LogP contribution < -0.4 is 25.3 Å². The molecule has 2 unspecified atom stereocenters. The monoisotopic (exact) mass is 637 g/mol. The summed E-state index contributed by atoms with van der Waals surface area (Å²) in [6.45, 7) is 11.5. The maximum Gasteiger partial charge on any atom is 0.323 e. The Morgan fingerprint density at radius 3 is 1.89 bits per heavy atom. The minimum absolute atomic E-state index is 0.274. The number of amides is 2. The molecule has 2 N–H and O–H groups in total. The van der Waals surface area contributed by atoms with Crippen molar-refractivity contribution in [3.8, 4) is 11.4 Å². The molecular weight excluding hydrogens is 590 g/mol. The molecule has 4 saturated heterocycles. The number of hydrogen-bond donors (Lipinski definition) is 2. The van der Waals surface area contributed by atoms with Crippen LogP contribution in [0.2, 0.25) is 0 Å². The summed E-state index contributed by atoms with van der Waals surface area (Å²) in [5, 5.41) is 5.95. The molecule has 0 radical (unpaired) electrons. The van der Waals surface area contributed by atoms with Gasteiger partial charge in [-0.2, -0.15) is 15.0 Å². The van der Waals surface area contributed by atoms with Crippen molar-refractivity contribution >= 4 is 35.0 Å². The van der Waals surface area contributed by atoms with Gasteiger partial charge in [0.1, 0.15) is 0 Å². The van der Waals surface area contributed by atoms with Gasteiger partial charge in [-0.25, -0.2) is 4.79 Å². The fourth-order valence-electron chi connectivity index (χ4n) is 7.86. The molecule has 5 fully saturated rings. The van der Waals surface area contributed by atoms with Gasteiger partial charge < -0.3 is 30.1 Å². The molecule has 2 aromatic carbocycles. The molecule has 5 aliphatic rings. The molecule has 0 spiro atoms. The molecule has 3 aromatic rings. The van der Waals surface area contributed by atoms with Crippen LogP contribution in [-0.2, 0) is 4.74 Å². The predicted octanol–water partition coefficient (Wildman–Crippen LogP) is 5.46. The van der Waals surface area contributed by atoms with Crippen molar-refractivity contribution in [3.63, 3.8) is 0 Å². The summed E-state index contributed by atoms with van der Waals surface area (Å²) >= 11 is 0. The van der Waals surface area contributed by atoms with Gasteiger partial charge in [0.2, 0.25) is 11.9 Å². The third-order valence-electron chi connectivity index (χ3n) is 10.7. The van der Waals surface area contributed by atoms with E-state index in [4.69, 9.17) is 19.7 Å². The molecule has 47 heavy (non-hydrogen) atoms. The second-order valence-electron chi connectivity index (χ2n) is 14.2. The topological polar surface area (TPSA) is 102 Å². The van der Waals surface area contributed by atoms with E-state index in [1.807, 2.05) is 36.4 Å². The number of anilines is 5. The lowest BCUT2D eigenvalue weighted by Crippen LogP contribution is -2.47. The SMILES string of the molecule is C[C@@H]1CC[C@H](C)N1c1nc(-c2ccc(NC(=O)Nc3ccc(N4CCN(CC5CC5)CC4)cc3)cc2)nc(N2C3CCC2COC3)n1. The fraction of sp³-hybridized carbons (Fsp3) is 0.556. The molecular formula is C36H47N9O2. The Labute approximate surface area is 277 Å². The Bertz CT molecular complexity index is 1530. The molecule has 4 aliphatic heterocycles. The largest absolute Gasteiger partial charge is 0.377 e. The highest BCUT2D eigenvalue weighted by Gasteiger charge is 2.40. The van der Waals surface area contributed by atoms with Crippen LogP contribution in [0.25, 0.3) is 11.4 Å². The number of carbonyl (C=O) groups is 1. The van der Waals surface area contributed by atoms with Crippen molar-refractivity contribution in [1.29, 1.82) is 0 Å². The van der Waals surface area contributed by atoms with Gasteiger partial charge in [-0.3, -0.25) is 4.90 Å². The number of carbonyl (C=O) groups excluding carboxylic acids is 1. The number of fused-ring (bicyclic) bond motifs is 2. The zero-order chi connectivity index (χ0) is 31.9. The molecule has 5 heterocycles. The van der Waals surface area contributed by atoms with Crippen molar-refractivity contribution in [2.45, 2.75) is 76.5 Å². The van der Waals surface area contributed by atoms with E-state index in [1.165, 1.54) is 25.1 Å². The van der Waals surface area contributed by atoms with E-state index < -0.39 is 0 Å². The van der Waals surface area contributed by atoms with E-state index in [0.717, 1.165) is 80.9 Å². The molecule has 11 nitrogen and oxygen atoms in total. The van der Waals surface area contributed by atoms with E-state index >= 15 is 0 Å². The zero-order valence-corrected chi connectivity index (χ0v) is 27.6. The Morgan fingerprint density at radius 2 is 1.30 bits per heavy atom. The van der Waals surface area contributed by atoms with E-state index in [-0.39, 0.29) is 6.03 Å². The van der Waals surface area contributed by atoms with Crippen molar-refractivity contribution in [2.75, 3.05) is 71.3 Å². The third-order valence-corrected chi connectivity index (χ3v) is 10.7. The van der Waals surface area contributed by atoms with Crippen molar-refractivity contribution in [3.05, 3.63) is 48.5 Å². The van der Waals surface area contributed by atoms with Crippen molar-refractivity contribution in [2.24, 2.45) is 5.92 Å². The summed E-state index contributed by atoms with van der Waals surface area (Å²) in [5.41, 5.74) is 3.57. The highest BCUT2D eigenvalue weighted by atomic mass is 16.5.